The maximum Gasteiger partial charge on any atom is 0.130 e. The van der Waals surface area contributed by atoms with E-state index in [4.69, 9.17) is 5.26 Å². The molecule has 0 unspecified atom stereocenters. The van der Waals surface area contributed by atoms with Crippen molar-refractivity contribution in [2.75, 3.05) is 0 Å². The molecule has 3 heteroatoms. The summed E-state index contributed by atoms with van der Waals surface area (Å²) in [6, 6.07) is 12.4. The van der Waals surface area contributed by atoms with Gasteiger partial charge in [0.1, 0.15) is 5.82 Å². The first-order valence-electron chi connectivity index (χ1n) is 5.97. The molecule has 0 aliphatic heterocycles. The van der Waals surface area contributed by atoms with E-state index in [9.17, 15) is 0 Å². The van der Waals surface area contributed by atoms with Crippen molar-refractivity contribution in [3.8, 4) is 17.3 Å². The molecule has 0 saturated heterocycles. The zero-order valence-corrected chi connectivity index (χ0v) is 10.6. The molecule has 2 rings (SSSR count). The number of hydrogen-bond donors (Lipinski definition) is 0. The van der Waals surface area contributed by atoms with Gasteiger partial charge in [0.15, 0.2) is 0 Å². The van der Waals surface area contributed by atoms with Crippen LogP contribution in [0.3, 0.4) is 0 Å². The lowest BCUT2D eigenvalue weighted by molar-refractivity contribution is 0.873. The van der Waals surface area contributed by atoms with Gasteiger partial charge in [-0.25, -0.2) is 9.97 Å². The molecule has 1 heterocycles. The van der Waals surface area contributed by atoms with Gasteiger partial charge in [0.05, 0.1) is 11.8 Å². The van der Waals surface area contributed by atoms with Gasteiger partial charge in [-0.2, -0.15) is 5.26 Å². The first-order valence-corrected chi connectivity index (χ1v) is 5.97. The number of rotatable bonds is 3. The summed E-state index contributed by atoms with van der Waals surface area (Å²) >= 11 is 0. The third-order valence-corrected chi connectivity index (χ3v) is 2.71. The van der Waals surface area contributed by atoms with E-state index in [1.54, 1.807) is 0 Å². The summed E-state index contributed by atoms with van der Waals surface area (Å²) in [6.45, 7) is 4.02. The van der Waals surface area contributed by atoms with Gasteiger partial charge in [-0.3, -0.25) is 0 Å². The zero-order chi connectivity index (χ0) is 13.0. The summed E-state index contributed by atoms with van der Waals surface area (Å²) in [6.07, 6.45) is 1.06. The normalized spacial score (nSPS) is 10.1. The highest BCUT2D eigenvalue weighted by atomic mass is 14.9. The van der Waals surface area contributed by atoms with Crippen molar-refractivity contribution >= 4 is 0 Å². The first-order chi connectivity index (χ1) is 8.69. The van der Waals surface area contributed by atoms with Crippen molar-refractivity contribution in [2.24, 2.45) is 0 Å². The second kappa shape index (κ2) is 5.42. The van der Waals surface area contributed by atoms with Crippen molar-refractivity contribution in [2.45, 2.75) is 26.7 Å². The average molecular weight is 237 g/mol. The first kappa shape index (κ1) is 12.3. The number of nitrogens with zero attached hydrogens (tertiary/aromatic N) is 3. The molecule has 0 saturated carbocycles. The Morgan fingerprint density at radius 1 is 1.11 bits per heavy atom. The minimum atomic E-state index is 0.455. The van der Waals surface area contributed by atoms with E-state index in [0.29, 0.717) is 12.8 Å². The SMILES string of the molecule is Cc1ccc(-c2cc(C)nc(CCC#N)n2)cc1. The smallest absolute Gasteiger partial charge is 0.130 e. The van der Waals surface area contributed by atoms with Crippen LogP contribution in [0.5, 0.6) is 0 Å². The summed E-state index contributed by atoms with van der Waals surface area (Å²) in [7, 11) is 0. The minimum absolute atomic E-state index is 0.455. The Bertz CT molecular complexity index is 580. The van der Waals surface area contributed by atoms with Gasteiger partial charge in [0, 0.05) is 24.1 Å². The van der Waals surface area contributed by atoms with Crippen molar-refractivity contribution < 1.29 is 0 Å². The molecule has 2 aromatic rings. The molecule has 1 aromatic carbocycles. The van der Waals surface area contributed by atoms with Crippen LogP contribution in [0.25, 0.3) is 11.3 Å². The number of aryl methyl sites for hydroxylation is 3. The summed E-state index contributed by atoms with van der Waals surface area (Å²) in [5, 5.41) is 8.61. The summed E-state index contributed by atoms with van der Waals surface area (Å²) < 4.78 is 0. The number of nitriles is 1. The lowest BCUT2D eigenvalue weighted by Gasteiger charge is -2.05. The molecule has 0 aliphatic rings. The van der Waals surface area contributed by atoms with E-state index in [-0.39, 0.29) is 0 Å². The number of benzene rings is 1. The Labute approximate surface area is 107 Å². The highest BCUT2D eigenvalue weighted by Crippen LogP contribution is 2.18. The maximum atomic E-state index is 8.61. The second-order valence-corrected chi connectivity index (χ2v) is 4.33. The second-order valence-electron chi connectivity index (χ2n) is 4.33. The van der Waals surface area contributed by atoms with Gasteiger partial charge < -0.3 is 0 Å². The summed E-state index contributed by atoms with van der Waals surface area (Å²) in [5.41, 5.74) is 4.18. The van der Waals surface area contributed by atoms with Gasteiger partial charge in [0.25, 0.3) is 0 Å². The van der Waals surface area contributed by atoms with Crippen molar-refractivity contribution in [3.63, 3.8) is 0 Å². The molecule has 1 aromatic heterocycles. The number of aromatic nitrogens is 2. The van der Waals surface area contributed by atoms with Gasteiger partial charge in [-0.05, 0) is 19.9 Å². The molecule has 18 heavy (non-hydrogen) atoms. The lowest BCUT2D eigenvalue weighted by atomic mass is 10.1. The van der Waals surface area contributed by atoms with Crippen LogP contribution in [0.2, 0.25) is 0 Å². The van der Waals surface area contributed by atoms with Gasteiger partial charge in [-0.1, -0.05) is 29.8 Å². The Hall–Kier alpha value is -2.21. The Morgan fingerprint density at radius 3 is 2.50 bits per heavy atom. The quantitative estimate of drug-likeness (QED) is 0.823. The fourth-order valence-corrected chi connectivity index (χ4v) is 1.78. The Balaban J connectivity index is 2.36. The van der Waals surface area contributed by atoms with Gasteiger partial charge in [-0.15, -0.1) is 0 Å². The maximum absolute atomic E-state index is 8.61. The highest BCUT2D eigenvalue weighted by Gasteiger charge is 2.04. The molecule has 0 N–H and O–H groups in total. The lowest BCUT2D eigenvalue weighted by Crippen LogP contribution is -1.99. The fraction of sp³-hybridized carbons (Fsp3) is 0.267. The van der Waals surface area contributed by atoms with E-state index >= 15 is 0 Å². The predicted octanol–water partition coefficient (Wildman–Crippen LogP) is 3.22. The van der Waals surface area contributed by atoms with Crippen LogP contribution in [0.1, 0.15) is 23.5 Å². The molecule has 0 radical (unpaired) electrons. The summed E-state index contributed by atoms with van der Waals surface area (Å²) in [4.78, 5) is 8.86. The topological polar surface area (TPSA) is 49.6 Å². The zero-order valence-electron chi connectivity index (χ0n) is 10.6. The van der Waals surface area contributed by atoms with Crippen LogP contribution in [-0.4, -0.2) is 9.97 Å². The van der Waals surface area contributed by atoms with E-state index in [1.807, 2.05) is 13.0 Å². The average Bonchev–Trinajstić information content (AvgIpc) is 2.36. The fourth-order valence-electron chi connectivity index (χ4n) is 1.78. The van der Waals surface area contributed by atoms with Crippen LogP contribution >= 0.6 is 0 Å². The van der Waals surface area contributed by atoms with Crippen LogP contribution in [0.15, 0.2) is 30.3 Å². The molecule has 0 atom stereocenters. The molecule has 0 spiro atoms. The third-order valence-electron chi connectivity index (χ3n) is 2.71. The monoisotopic (exact) mass is 237 g/mol. The van der Waals surface area contributed by atoms with Crippen LogP contribution in [-0.2, 0) is 6.42 Å². The largest absolute Gasteiger partial charge is 0.238 e. The van der Waals surface area contributed by atoms with Gasteiger partial charge in [0.2, 0.25) is 0 Å². The van der Waals surface area contributed by atoms with E-state index in [1.165, 1.54) is 5.56 Å². The molecule has 0 amide bonds. The minimum Gasteiger partial charge on any atom is -0.238 e. The van der Waals surface area contributed by atoms with E-state index < -0.39 is 0 Å². The standard InChI is InChI=1S/C15H15N3/c1-11-5-7-13(8-6-11)14-10-12(2)17-15(18-14)4-3-9-16/h5-8,10H,3-4H2,1-2H3. The van der Waals surface area contributed by atoms with Crippen LogP contribution < -0.4 is 0 Å². The summed E-state index contributed by atoms with van der Waals surface area (Å²) in [5.74, 6) is 0.743. The van der Waals surface area contributed by atoms with Crippen LogP contribution in [0.4, 0.5) is 0 Å². The molecule has 0 bridgehead atoms. The van der Waals surface area contributed by atoms with E-state index in [0.717, 1.165) is 22.8 Å². The molecule has 0 aliphatic carbocycles. The molecule has 0 fully saturated rings. The van der Waals surface area contributed by atoms with Crippen LogP contribution in [0, 0.1) is 25.2 Å². The third kappa shape index (κ3) is 2.92. The molecule has 90 valence electrons. The molecule has 3 nitrogen and oxygen atoms in total. The molecular weight excluding hydrogens is 222 g/mol. The van der Waals surface area contributed by atoms with Crippen molar-refractivity contribution in [3.05, 3.63) is 47.4 Å². The molecular formula is C15H15N3. The van der Waals surface area contributed by atoms with Crippen molar-refractivity contribution in [1.82, 2.24) is 9.97 Å². The Morgan fingerprint density at radius 2 is 1.83 bits per heavy atom. The predicted molar refractivity (Wildman–Crippen MR) is 70.9 cm³/mol. The van der Waals surface area contributed by atoms with E-state index in [2.05, 4.69) is 47.2 Å². The van der Waals surface area contributed by atoms with Gasteiger partial charge >= 0.3 is 0 Å². The van der Waals surface area contributed by atoms with Crippen molar-refractivity contribution in [1.29, 1.82) is 5.26 Å². The number of hydrogen-bond acceptors (Lipinski definition) is 3. The Kier molecular flexibility index (Phi) is 3.69. The highest BCUT2D eigenvalue weighted by molar-refractivity contribution is 5.59.